The number of benzene rings is 1. The number of aromatic nitrogens is 1. The summed E-state index contributed by atoms with van der Waals surface area (Å²) >= 11 is 0. The highest BCUT2D eigenvalue weighted by molar-refractivity contribution is 5.59. The van der Waals surface area contributed by atoms with E-state index in [1.807, 2.05) is 24.4 Å². The minimum atomic E-state index is 0.173. The fraction of sp³-hybridized carbons (Fsp3) is 0.267. The van der Waals surface area contributed by atoms with Crippen LogP contribution in [0.5, 0.6) is 0 Å². The standard InChI is InChI=1S/C15H17N/c1-15(2,3)13-9-10-16-14(11-13)12-7-5-4-6-8-12/h4-11H,1-3H3. The quantitative estimate of drug-likeness (QED) is 0.693. The van der Waals surface area contributed by atoms with Crippen LogP contribution in [0.4, 0.5) is 0 Å². The van der Waals surface area contributed by atoms with Crippen molar-refractivity contribution in [2.24, 2.45) is 0 Å². The highest BCUT2D eigenvalue weighted by Gasteiger charge is 2.14. The van der Waals surface area contributed by atoms with Gasteiger partial charge in [-0.2, -0.15) is 0 Å². The van der Waals surface area contributed by atoms with Crippen LogP contribution in [0.15, 0.2) is 48.7 Å². The monoisotopic (exact) mass is 211 g/mol. The first kappa shape index (κ1) is 10.9. The highest BCUT2D eigenvalue weighted by atomic mass is 14.7. The summed E-state index contributed by atoms with van der Waals surface area (Å²) in [5.74, 6) is 0. The number of nitrogens with zero attached hydrogens (tertiary/aromatic N) is 1. The van der Waals surface area contributed by atoms with Crippen LogP contribution in [0.2, 0.25) is 0 Å². The summed E-state index contributed by atoms with van der Waals surface area (Å²) < 4.78 is 0. The number of rotatable bonds is 1. The Bertz CT molecular complexity index is 466. The average molecular weight is 211 g/mol. The largest absolute Gasteiger partial charge is 0.256 e. The Morgan fingerprint density at radius 1 is 0.938 bits per heavy atom. The summed E-state index contributed by atoms with van der Waals surface area (Å²) in [6, 6.07) is 14.6. The summed E-state index contributed by atoms with van der Waals surface area (Å²) in [6.07, 6.45) is 1.89. The molecule has 1 nitrogen and oxygen atoms in total. The van der Waals surface area contributed by atoms with Gasteiger partial charge in [0.05, 0.1) is 5.69 Å². The van der Waals surface area contributed by atoms with E-state index in [4.69, 9.17) is 0 Å². The van der Waals surface area contributed by atoms with Crippen molar-refractivity contribution in [1.29, 1.82) is 0 Å². The second kappa shape index (κ2) is 4.09. The predicted octanol–water partition coefficient (Wildman–Crippen LogP) is 4.05. The maximum absolute atomic E-state index is 4.42. The molecule has 0 atom stereocenters. The second-order valence-corrected chi connectivity index (χ2v) is 5.05. The van der Waals surface area contributed by atoms with Gasteiger partial charge in [-0.25, -0.2) is 0 Å². The van der Waals surface area contributed by atoms with Crippen molar-refractivity contribution < 1.29 is 0 Å². The predicted molar refractivity (Wildman–Crippen MR) is 68.4 cm³/mol. The summed E-state index contributed by atoms with van der Waals surface area (Å²) in [5.41, 5.74) is 3.72. The van der Waals surface area contributed by atoms with Crippen molar-refractivity contribution in [2.75, 3.05) is 0 Å². The average Bonchev–Trinajstić information content (AvgIpc) is 2.29. The molecule has 0 saturated heterocycles. The third-order valence-corrected chi connectivity index (χ3v) is 2.70. The van der Waals surface area contributed by atoms with Crippen LogP contribution in [0, 0.1) is 0 Å². The molecule has 0 bridgehead atoms. The lowest BCUT2D eigenvalue weighted by Crippen LogP contribution is -2.11. The summed E-state index contributed by atoms with van der Waals surface area (Å²) in [4.78, 5) is 4.42. The van der Waals surface area contributed by atoms with Crippen LogP contribution in [0.3, 0.4) is 0 Å². The summed E-state index contributed by atoms with van der Waals surface area (Å²) in [6.45, 7) is 6.66. The third kappa shape index (κ3) is 2.30. The van der Waals surface area contributed by atoms with E-state index in [1.165, 1.54) is 11.1 Å². The maximum atomic E-state index is 4.42. The molecule has 0 amide bonds. The highest BCUT2D eigenvalue weighted by Crippen LogP contribution is 2.25. The molecule has 0 aliphatic carbocycles. The van der Waals surface area contributed by atoms with Gasteiger partial charge >= 0.3 is 0 Å². The molecule has 2 aromatic rings. The molecular weight excluding hydrogens is 194 g/mol. The van der Waals surface area contributed by atoms with E-state index in [0.29, 0.717) is 0 Å². The molecule has 0 N–H and O–H groups in total. The molecule has 0 unspecified atom stereocenters. The van der Waals surface area contributed by atoms with E-state index < -0.39 is 0 Å². The van der Waals surface area contributed by atoms with Crippen molar-refractivity contribution in [3.8, 4) is 11.3 Å². The molecule has 0 saturated carbocycles. The van der Waals surface area contributed by atoms with Crippen molar-refractivity contribution in [3.05, 3.63) is 54.2 Å². The van der Waals surface area contributed by atoms with E-state index >= 15 is 0 Å². The molecule has 2 rings (SSSR count). The summed E-state index contributed by atoms with van der Waals surface area (Å²) in [7, 11) is 0. The Morgan fingerprint density at radius 3 is 2.25 bits per heavy atom. The summed E-state index contributed by atoms with van der Waals surface area (Å²) in [5, 5.41) is 0. The topological polar surface area (TPSA) is 12.9 Å². The lowest BCUT2D eigenvalue weighted by Gasteiger charge is -2.19. The molecule has 0 aliphatic heterocycles. The Balaban J connectivity index is 2.45. The van der Waals surface area contributed by atoms with E-state index in [2.05, 4.69) is 50.0 Å². The molecule has 1 aromatic heterocycles. The van der Waals surface area contributed by atoms with Gasteiger partial charge < -0.3 is 0 Å². The fourth-order valence-corrected chi connectivity index (χ4v) is 1.66. The molecule has 0 radical (unpaired) electrons. The van der Waals surface area contributed by atoms with Gasteiger partial charge in [0.25, 0.3) is 0 Å². The van der Waals surface area contributed by atoms with Gasteiger partial charge in [-0.15, -0.1) is 0 Å². The first-order valence-corrected chi connectivity index (χ1v) is 5.59. The van der Waals surface area contributed by atoms with Crippen LogP contribution in [-0.4, -0.2) is 4.98 Å². The van der Waals surface area contributed by atoms with Crippen molar-refractivity contribution in [2.45, 2.75) is 26.2 Å². The molecular formula is C15H17N. The molecule has 82 valence electrons. The molecule has 0 spiro atoms. The van der Waals surface area contributed by atoms with Crippen LogP contribution >= 0.6 is 0 Å². The zero-order valence-corrected chi connectivity index (χ0v) is 10.1. The van der Waals surface area contributed by atoms with E-state index in [9.17, 15) is 0 Å². The Labute approximate surface area is 97.2 Å². The number of pyridine rings is 1. The van der Waals surface area contributed by atoms with Crippen LogP contribution < -0.4 is 0 Å². The lowest BCUT2D eigenvalue weighted by atomic mass is 9.87. The second-order valence-electron chi connectivity index (χ2n) is 5.05. The van der Waals surface area contributed by atoms with Crippen LogP contribution in [0.1, 0.15) is 26.3 Å². The van der Waals surface area contributed by atoms with Gasteiger partial charge in [-0.05, 0) is 23.1 Å². The zero-order chi connectivity index (χ0) is 11.6. The van der Waals surface area contributed by atoms with Gasteiger partial charge in [-0.1, -0.05) is 51.1 Å². The molecule has 0 fully saturated rings. The Morgan fingerprint density at radius 2 is 1.62 bits per heavy atom. The molecule has 1 heteroatoms. The Hall–Kier alpha value is -1.63. The van der Waals surface area contributed by atoms with E-state index in [1.54, 1.807) is 0 Å². The first-order valence-electron chi connectivity index (χ1n) is 5.59. The molecule has 1 aromatic carbocycles. The first-order chi connectivity index (χ1) is 7.57. The SMILES string of the molecule is CC(C)(C)c1ccnc(-c2ccccc2)c1. The lowest BCUT2D eigenvalue weighted by molar-refractivity contribution is 0.589. The van der Waals surface area contributed by atoms with Gasteiger partial charge in [-0.3, -0.25) is 4.98 Å². The third-order valence-electron chi connectivity index (χ3n) is 2.70. The van der Waals surface area contributed by atoms with Crippen molar-refractivity contribution >= 4 is 0 Å². The minimum Gasteiger partial charge on any atom is -0.256 e. The normalized spacial score (nSPS) is 11.4. The van der Waals surface area contributed by atoms with Crippen LogP contribution in [0.25, 0.3) is 11.3 Å². The minimum absolute atomic E-state index is 0.173. The van der Waals surface area contributed by atoms with Gasteiger partial charge in [0.2, 0.25) is 0 Å². The molecule has 0 aliphatic rings. The Kier molecular flexibility index (Phi) is 2.78. The molecule has 16 heavy (non-hydrogen) atoms. The smallest absolute Gasteiger partial charge is 0.0704 e. The number of hydrogen-bond acceptors (Lipinski definition) is 1. The van der Waals surface area contributed by atoms with E-state index in [-0.39, 0.29) is 5.41 Å². The van der Waals surface area contributed by atoms with Crippen molar-refractivity contribution in [3.63, 3.8) is 0 Å². The van der Waals surface area contributed by atoms with E-state index in [0.717, 1.165) is 5.69 Å². The van der Waals surface area contributed by atoms with Gasteiger partial charge in [0, 0.05) is 11.8 Å². The fourth-order valence-electron chi connectivity index (χ4n) is 1.66. The van der Waals surface area contributed by atoms with Gasteiger partial charge in [0.15, 0.2) is 0 Å². The maximum Gasteiger partial charge on any atom is 0.0704 e. The van der Waals surface area contributed by atoms with Gasteiger partial charge in [0.1, 0.15) is 0 Å². The molecule has 1 heterocycles. The van der Waals surface area contributed by atoms with Crippen LogP contribution in [-0.2, 0) is 5.41 Å². The zero-order valence-electron chi connectivity index (χ0n) is 10.1. The number of hydrogen-bond donors (Lipinski definition) is 0. The van der Waals surface area contributed by atoms with Crippen molar-refractivity contribution in [1.82, 2.24) is 4.98 Å².